The molecule has 3 heteroatoms. The summed E-state index contributed by atoms with van der Waals surface area (Å²) in [7, 11) is 0. The monoisotopic (exact) mass is 260 g/mol. The first-order chi connectivity index (χ1) is 8.85. The fraction of sp³-hybridized carbons (Fsp3) is 0.400. The highest BCUT2D eigenvalue weighted by Gasteiger charge is 2.11. The van der Waals surface area contributed by atoms with Gasteiger partial charge >= 0.3 is 0 Å². The van der Waals surface area contributed by atoms with Crippen molar-refractivity contribution in [2.45, 2.75) is 32.2 Å². The van der Waals surface area contributed by atoms with E-state index >= 15 is 0 Å². The van der Waals surface area contributed by atoms with E-state index in [0.717, 1.165) is 24.9 Å². The molecule has 18 heavy (non-hydrogen) atoms. The molecule has 0 saturated carbocycles. The number of hydrogen-bond donors (Lipinski definition) is 1. The number of aromatic nitrogens is 1. The Bertz CT molecular complexity index is 504. The Morgan fingerprint density at radius 2 is 2.44 bits per heavy atom. The number of allylic oxidation sites excluding steroid dienone is 1. The van der Waals surface area contributed by atoms with E-state index in [2.05, 4.69) is 41.3 Å². The Balaban J connectivity index is 2.14. The smallest absolute Gasteiger partial charge is 0.0809 e. The van der Waals surface area contributed by atoms with E-state index in [-0.39, 0.29) is 0 Å². The van der Waals surface area contributed by atoms with E-state index < -0.39 is 0 Å². The molecule has 0 fully saturated rings. The van der Waals surface area contributed by atoms with Crippen molar-refractivity contribution in [2.24, 2.45) is 0 Å². The van der Waals surface area contributed by atoms with Crippen LogP contribution in [0.5, 0.6) is 0 Å². The van der Waals surface area contributed by atoms with E-state index in [4.69, 9.17) is 0 Å². The second-order valence-electron chi connectivity index (χ2n) is 4.40. The summed E-state index contributed by atoms with van der Waals surface area (Å²) in [5.74, 6) is 0. The van der Waals surface area contributed by atoms with Gasteiger partial charge in [-0.15, -0.1) is 17.9 Å². The first-order valence-electron chi connectivity index (χ1n) is 6.52. The van der Waals surface area contributed by atoms with Gasteiger partial charge in [0.2, 0.25) is 0 Å². The standard InChI is InChI=1S/C15H20N2S/c1-3-5-6-7-13(16-4-2)12-10-15-14(17-11-12)8-9-18-15/h3,8-11,13,16H,1,4-7H2,2H3. The lowest BCUT2D eigenvalue weighted by atomic mass is 10.0. The van der Waals surface area contributed by atoms with Crippen molar-refractivity contribution in [3.63, 3.8) is 0 Å². The third-order valence-corrected chi connectivity index (χ3v) is 3.93. The molecule has 2 heterocycles. The second-order valence-corrected chi connectivity index (χ2v) is 5.35. The van der Waals surface area contributed by atoms with E-state index in [1.807, 2.05) is 12.3 Å². The van der Waals surface area contributed by atoms with Crippen LogP contribution in [0.2, 0.25) is 0 Å². The van der Waals surface area contributed by atoms with Crippen LogP contribution in [-0.4, -0.2) is 11.5 Å². The topological polar surface area (TPSA) is 24.9 Å². The van der Waals surface area contributed by atoms with Crippen LogP contribution < -0.4 is 5.32 Å². The zero-order valence-corrected chi connectivity index (χ0v) is 11.7. The molecule has 96 valence electrons. The molecule has 0 spiro atoms. The molecule has 1 atom stereocenters. The average Bonchev–Trinajstić information content (AvgIpc) is 2.85. The lowest BCUT2D eigenvalue weighted by molar-refractivity contribution is 0.500. The maximum atomic E-state index is 4.52. The Kier molecular flexibility index (Phi) is 4.90. The molecule has 0 aliphatic rings. The molecule has 2 aromatic rings. The molecular weight excluding hydrogens is 240 g/mol. The summed E-state index contributed by atoms with van der Waals surface area (Å²) in [5, 5.41) is 5.64. The van der Waals surface area contributed by atoms with Gasteiger partial charge in [-0.2, -0.15) is 0 Å². The lowest BCUT2D eigenvalue weighted by Gasteiger charge is -2.17. The number of nitrogens with zero attached hydrogens (tertiary/aromatic N) is 1. The third-order valence-electron chi connectivity index (χ3n) is 3.08. The van der Waals surface area contributed by atoms with Crippen LogP contribution >= 0.6 is 11.3 Å². The molecule has 2 aromatic heterocycles. The van der Waals surface area contributed by atoms with Crippen molar-refractivity contribution < 1.29 is 0 Å². The maximum absolute atomic E-state index is 4.52. The molecule has 2 rings (SSSR count). The predicted molar refractivity (Wildman–Crippen MR) is 80.1 cm³/mol. The summed E-state index contributed by atoms with van der Waals surface area (Å²) in [6.07, 6.45) is 7.39. The molecule has 0 amide bonds. The fourth-order valence-corrected chi connectivity index (χ4v) is 2.94. The number of unbranched alkanes of at least 4 members (excludes halogenated alkanes) is 1. The quantitative estimate of drug-likeness (QED) is 0.593. The Hall–Kier alpha value is -1.19. The van der Waals surface area contributed by atoms with Crippen LogP contribution in [0.3, 0.4) is 0 Å². The minimum absolute atomic E-state index is 0.411. The molecule has 0 bridgehead atoms. The number of pyridine rings is 1. The normalized spacial score (nSPS) is 12.7. The van der Waals surface area contributed by atoms with Crippen LogP contribution in [0, 0.1) is 0 Å². The SMILES string of the molecule is C=CCCCC(NCC)c1cnc2ccsc2c1. The van der Waals surface area contributed by atoms with Gasteiger partial charge in [-0.25, -0.2) is 0 Å². The summed E-state index contributed by atoms with van der Waals surface area (Å²) in [6, 6.07) is 4.76. The minimum Gasteiger partial charge on any atom is -0.310 e. The highest BCUT2D eigenvalue weighted by atomic mass is 32.1. The highest BCUT2D eigenvalue weighted by molar-refractivity contribution is 7.17. The number of hydrogen-bond acceptors (Lipinski definition) is 3. The fourth-order valence-electron chi connectivity index (χ4n) is 2.15. The van der Waals surface area contributed by atoms with Gasteiger partial charge in [-0.3, -0.25) is 4.98 Å². The van der Waals surface area contributed by atoms with Gasteiger partial charge in [0.1, 0.15) is 0 Å². The Labute approximate surface area is 113 Å². The third kappa shape index (κ3) is 3.18. The van der Waals surface area contributed by atoms with E-state index in [1.54, 1.807) is 11.3 Å². The van der Waals surface area contributed by atoms with Gasteiger partial charge in [-0.1, -0.05) is 13.0 Å². The van der Waals surface area contributed by atoms with E-state index in [0.29, 0.717) is 6.04 Å². The number of nitrogens with one attached hydrogen (secondary N) is 1. The predicted octanol–water partition coefficient (Wildman–Crippen LogP) is 4.30. The van der Waals surface area contributed by atoms with Gasteiger partial charge in [0, 0.05) is 12.2 Å². The van der Waals surface area contributed by atoms with Gasteiger partial charge < -0.3 is 5.32 Å². The van der Waals surface area contributed by atoms with Crippen molar-refractivity contribution in [2.75, 3.05) is 6.54 Å². The average molecular weight is 260 g/mol. The molecule has 1 N–H and O–H groups in total. The summed E-state index contributed by atoms with van der Waals surface area (Å²) >= 11 is 1.76. The summed E-state index contributed by atoms with van der Waals surface area (Å²) in [4.78, 5) is 4.52. The lowest BCUT2D eigenvalue weighted by Crippen LogP contribution is -2.20. The molecule has 0 aliphatic carbocycles. The van der Waals surface area contributed by atoms with Crippen LogP contribution in [0.25, 0.3) is 10.2 Å². The first-order valence-corrected chi connectivity index (χ1v) is 7.40. The largest absolute Gasteiger partial charge is 0.310 e. The van der Waals surface area contributed by atoms with Crippen molar-refractivity contribution in [1.82, 2.24) is 10.3 Å². The van der Waals surface area contributed by atoms with Crippen molar-refractivity contribution in [3.8, 4) is 0 Å². The molecule has 2 nitrogen and oxygen atoms in total. The van der Waals surface area contributed by atoms with Crippen LogP contribution in [-0.2, 0) is 0 Å². The van der Waals surface area contributed by atoms with Gasteiger partial charge in [-0.05, 0) is 48.9 Å². The van der Waals surface area contributed by atoms with E-state index in [9.17, 15) is 0 Å². The molecule has 0 aromatic carbocycles. The minimum atomic E-state index is 0.411. The van der Waals surface area contributed by atoms with Gasteiger partial charge in [0.15, 0.2) is 0 Å². The number of rotatable bonds is 7. The zero-order valence-electron chi connectivity index (χ0n) is 10.9. The number of thiophene rings is 1. The van der Waals surface area contributed by atoms with Gasteiger partial charge in [0.05, 0.1) is 10.2 Å². The number of fused-ring (bicyclic) bond motifs is 1. The first kappa shape index (κ1) is 13.2. The molecule has 0 saturated heterocycles. The second kappa shape index (κ2) is 6.66. The molecule has 0 radical (unpaired) electrons. The molecular formula is C15H20N2S. The highest BCUT2D eigenvalue weighted by Crippen LogP contribution is 2.25. The van der Waals surface area contributed by atoms with Crippen molar-refractivity contribution in [1.29, 1.82) is 0 Å². The molecule has 0 aliphatic heterocycles. The van der Waals surface area contributed by atoms with E-state index in [1.165, 1.54) is 16.7 Å². The van der Waals surface area contributed by atoms with Crippen LogP contribution in [0.4, 0.5) is 0 Å². The Morgan fingerprint density at radius 1 is 1.56 bits per heavy atom. The molecule has 1 unspecified atom stereocenters. The van der Waals surface area contributed by atoms with Crippen LogP contribution in [0.15, 0.2) is 36.4 Å². The zero-order chi connectivity index (χ0) is 12.8. The summed E-state index contributed by atoms with van der Waals surface area (Å²) in [6.45, 7) is 6.92. The van der Waals surface area contributed by atoms with Crippen LogP contribution in [0.1, 0.15) is 37.8 Å². The van der Waals surface area contributed by atoms with Crippen molar-refractivity contribution in [3.05, 3.63) is 41.9 Å². The van der Waals surface area contributed by atoms with Crippen molar-refractivity contribution >= 4 is 21.6 Å². The van der Waals surface area contributed by atoms with Gasteiger partial charge in [0.25, 0.3) is 0 Å². The Morgan fingerprint density at radius 3 is 3.22 bits per heavy atom. The summed E-state index contributed by atoms with van der Waals surface area (Å²) < 4.78 is 1.28. The maximum Gasteiger partial charge on any atom is 0.0809 e. The summed E-state index contributed by atoms with van der Waals surface area (Å²) in [5.41, 5.74) is 2.40.